The Morgan fingerprint density at radius 2 is 1.75 bits per heavy atom. The summed E-state index contributed by atoms with van der Waals surface area (Å²) in [5, 5.41) is 1.17. The molecule has 16 heavy (non-hydrogen) atoms. The van der Waals surface area contributed by atoms with Crippen LogP contribution in [0.2, 0.25) is 0 Å². The number of fused-ring (bicyclic) bond motifs is 1. The smallest absolute Gasteiger partial charge is 0.820 e. The molecule has 2 aromatic rings. The number of rotatable bonds is 0. The van der Waals surface area contributed by atoms with E-state index in [0.717, 1.165) is 5.52 Å². The van der Waals surface area contributed by atoms with E-state index in [0.29, 0.717) is 0 Å². The van der Waals surface area contributed by atoms with Crippen LogP contribution in [0.15, 0.2) is 36.4 Å². The largest absolute Gasteiger partial charge is 2.00 e. The van der Waals surface area contributed by atoms with Crippen LogP contribution in [0.1, 0.15) is 0 Å². The van der Waals surface area contributed by atoms with Crippen LogP contribution >= 0.6 is 8.60 Å². The second-order valence-corrected chi connectivity index (χ2v) is 2.85. The molecule has 0 fully saturated rings. The van der Waals surface area contributed by atoms with E-state index < -0.39 is 8.60 Å². The van der Waals surface area contributed by atoms with Gasteiger partial charge in [0.05, 0.1) is 0 Å². The summed E-state index contributed by atoms with van der Waals surface area (Å²) in [6.07, 6.45) is 2.79. The van der Waals surface area contributed by atoms with Gasteiger partial charge in [0.2, 0.25) is 0 Å². The minimum absolute atomic E-state index is 0. The normalized spacial score (nSPS) is 8.50. The van der Waals surface area contributed by atoms with Crippen LogP contribution in [0.5, 0.6) is 0 Å². The first-order valence-electron chi connectivity index (χ1n) is 3.75. The average molecular weight is 311 g/mol. The Kier molecular flexibility index (Phi) is 13.6. The van der Waals surface area contributed by atoms with Crippen LogP contribution < -0.4 is 61.2 Å². The topological polar surface area (TPSA) is 79.2 Å². The van der Waals surface area contributed by atoms with Crippen LogP contribution in [0.25, 0.3) is 10.9 Å². The molecule has 0 atom stereocenters. The van der Waals surface area contributed by atoms with Crippen molar-refractivity contribution in [1.29, 1.82) is 0 Å². The third kappa shape index (κ3) is 8.23. The Balaban J connectivity index is 0. The maximum Gasteiger partial charge on any atom is 2.00 e. The molecule has 0 aliphatic carbocycles. The van der Waals surface area contributed by atoms with Crippen molar-refractivity contribution >= 4 is 19.5 Å². The first-order valence-corrected chi connectivity index (χ1v) is 4.88. The zero-order valence-corrected chi connectivity index (χ0v) is 13.4. The van der Waals surface area contributed by atoms with Crippen molar-refractivity contribution in [3.63, 3.8) is 0 Å². The molecule has 4 nitrogen and oxygen atoms in total. The number of aromatic nitrogens is 1. The molecule has 0 saturated heterocycles. The van der Waals surface area contributed by atoms with E-state index in [9.17, 15) is 0 Å². The molecule has 0 saturated carbocycles. The predicted octanol–water partition coefficient (Wildman–Crippen LogP) is -3.04. The maximum absolute atomic E-state index is 8.59. The van der Waals surface area contributed by atoms with Gasteiger partial charge in [0.25, 0.3) is 0 Å². The number of benzene rings is 1. The van der Waals surface area contributed by atoms with Crippen molar-refractivity contribution < 1.29 is 83.1 Å². The first kappa shape index (κ1) is 19.4. The average Bonchev–Trinajstić information content (AvgIpc) is 2.17. The van der Waals surface area contributed by atoms with Crippen molar-refractivity contribution in [2.24, 2.45) is 0 Å². The maximum atomic E-state index is 8.59. The Morgan fingerprint density at radius 3 is 2.31 bits per heavy atom. The molecular weight excluding hydrogens is 304 g/mol. The minimum Gasteiger partial charge on any atom is -0.820 e. The second kappa shape index (κ2) is 11.2. The molecule has 1 N–H and O–H groups in total. The summed E-state index contributed by atoms with van der Waals surface area (Å²) in [7, 11) is -3.12. The first-order chi connectivity index (χ1) is 6.70. The van der Waals surface area contributed by atoms with E-state index in [2.05, 4.69) is 11.2 Å². The van der Waals surface area contributed by atoms with Gasteiger partial charge in [0.15, 0.2) is 0 Å². The molecule has 0 spiro atoms. The number of hydrogen-bond acceptors (Lipinski definition) is 4. The number of para-hydroxylation sites is 1. The minimum atomic E-state index is -3.12. The third-order valence-electron chi connectivity index (χ3n) is 1.46. The molecule has 0 unspecified atom stereocenters. The van der Waals surface area contributed by atoms with Crippen LogP contribution in [0.3, 0.4) is 0 Å². The molecule has 2 rings (SSSR count). The molecule has 0 aliphatic heterocycles. The monoisotopic (exact) mass is 310 g/mol. The molecule has 0 bridgehead atoms. The van der Waals surface area contributed by atoms with Gasteiger partial charge in [-0.05, 0) is 5.52 Å². The Labute approximate surface area is 148 Å². The summed E-state index contributed by atoms with van der Waals surface area (Å²) in [4.78, 5) is 28.3. The summed E-state index contributed by atoms with van der Waals surface area (Å²) >= 11 is 0. The van der Waals surface area contributed by atoms with E-state index in [1.807, 2.05) is 36.4 Å². The van der Waals surface area contributed by atoms with Gasteiger partial charge in [0, 0.05) is 0 Å². The van der Waals surface area contributed by atoms with Crippen LogP contribution in [0.4, 0.5) is 0 Å². The zero-order valence-electron chi connectivity index (χ0n) is 8.42. The summed E-state index contributed by atoms with van der Waals surface area (Å²) in [6, 6.07) is 11.8. The van der Waals surface area contributed by atoms with Gasteiger partial charge in [-0.1, -0.05) is 30.5 Å². The SMILES string of the molecule is [Cu+2].[K+].[O-]P([O-])O.[c-]1ccc2ccccc2n1. The van der Waals surface area contributed by atoms with Crippen LogP contribution in [0, 0.1) is 6.20 Å². The summed E-state index contributed by atoms with van der Waals surface area (Å²) in [6.45, 7) is 0. The van der Waals surface area contributed by atoms with Gasteiger partial charge in [-0.2, -0.15) is 20.7 Å². The van der Waals surface area contributed by atoms with Gasteiger partial charge < -0.3 is 19.7 Å². The standard InChI is InChI=1S/C9H6N.Cu.K.HO3P/c1-2-6-9-8(4-1)5-3-7-10-9;;;1-4(2)3/h1-6H;;;1H/q-1;+2;+1;-2. The van der Waals surface area contributed by atoms with E-state index in [1.54, 1.807) is 0 Å². The number of nitrogens with zero attached hydrogens (tertiary/aromatic N) is 1. The van der Waals surface area contributed by atoms with E-state index in [-0.39, 0.29) is 68.5 Å². The fraction of sp³-hybridized carbons (Fsp3) is 0. The van der Waals surface area contributed by atoms with Gasteiger partial charge in [-0.3, -0.25) is 0 Å². The van der Waals surface area contributed by atoms with Crippen molar-refractivity contribution in [2.75, 3.05) is 0 Å². The Bertz CT molecular complexity index is 337. The molecule has 7 heteroatoms. The van der Waals surface area contributed by atoms with E-state index in [1.165, 1.54) is 5.39 Å². The van der Waals surface area contributed by atoms with Gasteiger partial charge >= 0.3 is 68.5 Å². The van der Waals surface area contributed by atoms with Crippen molar-refractivity contribution in [2.45, 2.75) is 0 Å². The van der Waals surface area contributed by atoms with Gasteiger partial charge in [-0.25, -0.2) is 0 Å². The Morgan fingerprint density at radius 1 is 1.19 bits per heavy atom. The Hall–Kier alpha value is 1.10. The molecule has 0 amide bonds. The van der Waals surface area contributed by atoms with Gasteiger partial charge in [0.1, 0.15) is 0 Å². The number of hydrogen-bond donors (Lipinski definition) is 1. The fourth-order valence-corrected chi connectivity index (χ4v) is 0.964. The molecule has 1 aromatic carbocycles. The molecule has 1 aromatic heterocycles. The summed E-state index contributed by atoms with van der Waals surface area (Å²) < 4.78 is 0. The second-order valence-electron chi connectivity index (χ2n) is 2.37. The third-order valence-corrected chi connectivity index (χ3v) is 1.46. The predicted molar refractivity (Wildman–Crippen MR) is 49.7 cm³/mol. The van der Waals surface area contributed by atoms with Crippen molar-refractivity contribution in [1.82, 2.24) is 4.98 Å². The molecule has 1 heterocycles. The fourth-order valence-electron chi connectivity index (χ4n) is 0.964. The quantitative estimate of drug-likeness (QED) is 0.319. The summed E-state index contributed by atoms with van der Waals surface area (Å²) in [5.41, 5.74) is 1.00. The molecule has 1 radical (unpaired) electrons. The molecular formula is C9H7CuKNO3P. The van der Waals surface area contributed by atoms with Crippen LogP contribution in [-0.4, -0.2) is 9.88 Å². The van der Waals surface area contributed by atoms with Crippen molar-refractivity contribution in [3.05, 3.63) is 42.6 Å². The van der Waals surface area contributed by atoms with Crippen molar-refractivity contribution in [3.8, 4) is 0 Å². The van der Waals surface area contributed by atoms with Crippen LogP contribution in [-0.2, 0) is 17.1 Å². The van der Waals surface area contributed by atoms with E-state index >= 15 is 0 Å². The molecule has 0 aliphatic rings. The number of pyridine rings is 1. The van der Waals surface area contributed by atoms with Gasteiger partial charge in [-0.15, -0.1) is 5.39 Å². The summed E-state index contributed by atoms with van der Waals surface area (Å²) in [5.74, 6) is 0. The zero-order chi connectivity index (χ0) is 10.4. The van der Waals surface area contributed by atoms with E-state index in [4.69, 9.17) is 14.7 Å². The molecule has 83 valence electrons.